The highest BCUT2D eigenvalue weighted by molar-refractivity contribution is 7.81. The van der Waals surface area contributed by atoms with Crippen LogP contribution in [-0.4, -0.2) is 11.1 Å². The summed E-state index contributed by atoms with van der Waals surface area (Å²) in [5.74, 6) is -0.356. The van der Waals surface area contributed by atoms with Gasteiger partial charge in [0.25, 0.3) is 0 Å². The van der Waals surface area contributed by atoms with Crippen LogP contribution in [0.5, 0.6) is 0 Å². The van der Waals surface area contributed by atoms with Crippen LogP contribution < -0.4 is 0 Å². The second-order valence-corrected chi connectivity index (χ2v) is 2.69. The zero-order valence-electron chi connectivity index (χ0n) is 5.94. The van der Waals surface area contributed by atoms with Gasteiger partial charge in [0.15, 0.2) is 0 Å². The monoisotopic (exact) mass is 172 g/mol. The second-order valence-electron chi connectivity index (χ2n) is 2.17. The number of thiol groups is 1. The van der Waals surface area contributed by atoms with E-state index in [2.05, 4.69) is 12.6 Å². The molecule has 0 saturated heterocycles. The Kier molecular flexibility index (Phi) is 2.24. The van der Waals surface area contributed by atoms with Crippen LogP contribution in [0.25, 0.3) is 0 Å². The fraction of sp³-hybridized carbons (Fsp3) is 0.286. The minimum atomic E-state index is -0.960. The fourth-order valence-electron chi connectivity index (χ4n) is 0.811. The summed E-state index contributed by atoms with van der Waals surface area (Å²) in [6.45, 7) is 1.71. The molecule has 0 saturated carbocycles. The van der Waals surface area contributed by atoms with Crippen molar-refractivity contribution in [2.24, 2.45) is 0 Å². The average molecular weight is 172 g/mol. The molecule has 0 bridgehead atoms. The van der Waals surface area contributed by atoms with Gasteiger partial charge in [-0.2, -0.15) is 12.6 Å². The van der Waals surface area contributed by atoms with Crippen molar-refractivity contribution in [2.45, 2.75) is 12.2 Å². The van der Waals surface area contributed by atoms with Crippen LogP contribution in [0.3, 0.4) is 0 Å². The van der Waals surface area contributed by atoms with Gasteiger partial charge in [0.1, 0.15) is 11.0 Å². The summed E-state index contributed by atoms with van der Waals surface area (Å²) in [7, 11) is 0. The molecule has 0 aliphatic rings. The molecule has 0 radical (unpaired) electrons. The molecule has 0 aliphatic heterocycles. The number of furan rings is 1. The van der Waals surface area contributed by atoms with E-state index in [1.54, 1.807) is 13.0 Å². The molecule has 1 aromatic heterocycles. The first-order valence-corrected chi connectivity index (χ1v) is 3.59. The molecular formula is C7H8O3S. The van der Waals surface area contributed by atoms with Gasteiger partial charge in [0.2, 0.25) is 0 Å². The number of aryl methyl sites for hydroxylation is 1. The van der Waals surface area contributed by atoms with Crippen LogP contribution >= 0.6 is 12.6 Å². The molecule has 0 spiro atoms. The molecule has 1 atom stereocenters. The Balaban J connectivity index is 2.92. The van der Waals surface area contributed by atoms with E-state index in [9.17, 15) is 4.79 Å². The Morgan fingerprint density at radius 2 is 2.45 bits per heavy atom. The van der Waals surface area contributed by atoms with Gasteiger partial charge in [-0.05, 0) is 13.0 Å². The molecule has 60 valence electrons. The molecule has 1 unspecified atom stereocenters. The van der Waals surface area contributed by atoms with Crippen molar-refractivity contribution in [1.29, 1.82) is 0 Å². The number of carboxylic acids is 1. The topological polar surface area (TPSA) is 50.4 Å². The van der Waals surface area contributed by atoms with Crippen molar-refractivity contribution in [3.05, 3.63) is 23.7 Å². The number of carbonyl (C=O) groups is 1. The normalized spacial score (nSPS) is 12.9. The first-order valence-electron chi connectivity index (χ1n) is 3.08. The van der Waals surface area contributed by atoms with Gasteiger partial charge in [-0.15, -0.1) is 0 Å². The van der Waals surface area contributed by atoms with E-state index in [1.807, 2.05) is 0 Å². The maximum absolute atomic E-state index is 10.4. The van der Waals surface area contributed by atoms with Gasteiger partial charge >= 0.3 is 5.97 Å². The third-order valence-corrected chi connectivity index (χ3v) is 1.93. The fourth-order valence-corrected chi connectivity index (χ4v) is 1.08. The summed E-state index contributed by atoms with van der Waals surface area (Å²) in [6.07, 6.45) is 1.46. The van der Waals surface area contributed by atoms with E-state index in [0.717, 1.165) is 0 Å². The predicted octanol–water partition coefficient (Wildman–Crippen LogP) is 1.64. The van der Waals surface area contributed by atoms with Crippen molar-refractivity contribution >= 4 is 18.6 Å². The number of hydrogen-bond acceptors (Lipinski definition) is 3. The van der Waals surface area contributed by atoms with Crippen LogP contribution in [0.1, 0.15) is 16.6 Å². The lowest BCUT2D eigenvalue weighted by Gasteiger charge is -2.01. The van der Waals surface area contributed by atoms with Gasteiger partial charge in [0, 0.05) is 5.56 Å². The molecule has 1 N–H and O–H groups in total. The molecule has 3 nitrogen and oxygen atoms in total. The van der Waals surface area contributed by atoms with E-state index in [0.29, 0.717) is 11.3 Å². The second kappa shape index (κ2) is 3.00. The summed E-state index contributed by atoms with van der Waals surface area (Å²) >= 11 is 3.89. The van der Waals surface area contributed by atoms with Gasteiger partial charge < -0.3 is 9.52 Å². The lowest BCUT2D eigenvalue weighted by Crippen LogP contribution is -2.04. The summed E-state index contributed by atoms with van der Waals surface area (Å²) < 4.78 is 4.92. The van der Waals surface area contributed by atoms with E-state index in [1.165, 1.54) is 6.26 Å². The van der Waals surface area contributed by atoms with Crippen LogP contribution in [0, 0.1) is 6.92 Å². The van der Waals surface area contributed by atoms with Gasteiger partial charge in [0.05, 0.1) is 6.26 Å². The minimum Gasteiger partial charge on any atom is -0.480 e. The lowest BCUT2D eigenvalue weighted by atomic mass is 10.2. The minimum absolute atomic E-state index is 0.604. The smallest absolute Gasteiger partial charge is 0.321 e. The van der Waals surface area contributed by atoms with Crippen LogP contribution in [0.2, 0.25) is 0 Å². The third kappa shape index (κ3) is 1.57. The van der Waals surface area contributed by atoms with E-state index in [-0.39, 0.29) is 0 Å². The van der Waals surface area contributed by atoms with E-state index < -0.39 is 11.2 Å². The van der Waals surface area contributed by atoms with Crippen molar-refractivity contribution in [1.82, 2.24) is 0 Å². The number of aliphatic carboxylic acids is 1. The highest BCUT2D eigenvalue weighted by Gasteiger charge is 2.18. The molecule has 0 aromatic carbocycles. The summed E-state index contributed by atoms with van der Waals surface area (Å²) in [6, 6.07) is 1.61. The maximum Gasteiger partial charge on any atom is 0.321 e. The Bertz CT molecular complexity index is 266. The average Bonchev–Trinajstić information content (AvgIpc) is 2.33. The molecule has 11 heavy (non-hydrogen) atoms. The Morgan fingerprint density at radius 3 is 2.82 bits per heavy atom. The molecule has 1 rings (SSSR count). The molecule has 4 heteroatoms. The first-order chi connectivity index (χ1) is 5.13. The summed E-state index contributed by atoms with van der Waals surface area (Å²) in [4.78, 5) is 10.4. The third-order valence-electron chi connectivity index (χ3n) is 1.43. The van der Waals surface area contributed by atoms with E-state index in [4.69, 9.17) is 9.52 Å². The zero-order chi connectivity index (χ0) is 8.43. The number of hydrogen-bond donors (Lipinski definition) is 2. The van der Waals surface area contributed by atoms with Gasteiger partial charge in [-0.1, -0.05) is 0 Å². The lowest BCUT2D eigenvalue weighted by molar-refractivity contribution is -0.136. The summed E-state index contributed by atoms with van der Waals surface area (Å²) in [5, 5.41) is 7.78. The molecule has 0 aliphatic carbocycles. The largest absolute Gasteiger partial charge is 0.480 e. The van der Waals surface area contributed by atoms with Crippen LogP contribution in [0.4, 0.5) is 0 Å². The van der Waals surface area contributed by atoms with Crippen molar-refractivity contribution < 1.29 is 14.3 Å². The van der Waals surface area contributed by atoms with E-state index >= 15 is 0 Å². The van der Waals surface area contributed by atoms with Crippen LogP contribution in [0.15, 0.2) is 16.7 Å². The van der Waals surface area contributed by atoms with Crippen molar-refractivity contribution in [3.63, 3.8) is 0 Å². The summed E-state index contributed by atoms with van der Waals surface area (Å²) in [5.41, 5.74) is 0.612. The van der Waals surface area contributed by atoms with Crippen molar-refractivity contribution in [2.75, 3.05) is 0 Å². The first kappa shape index (κ1) is 8.20. The molecule has 1 heterocycles. The van der Waals surface area contributed by atoms with Gasteiger partial charge in [-0.25, -0.2) is 0 Å². The Hall–Kier alpha value is -0.900. The van der Waals surface area contributed by atoms with Crippen LogP contribution in [-0.2, 0) is 4.79 Å². The Labute approximate surface area is 69.4 Å². The maximum atomic E-state index is 10.4. The SMILES string of the molecule is Cc1occc1C(S)C(=O)O. The predicted molar refractivity (Wildman–Crippen MR) is 42.8 cm³/mol. The number of rotatable bonds is 2. The molecule has 1 aromatic rings. The highest BCUT2D eigenvalue weighted by Crippen LogP contribution is 2.23. The zero-order valence-corrected chi connectivity index (χ0v) is 6.84. The standard InChI is InChI=1S/C7H8O3S/c1-4-5(2-3-10-4)6(11)7(8)9/h2-3,6,11H,1H3,(H,8,9). The Morgan fingerprint density at radius 1 is 1.82 bits per heavy atom. The quantitative estimate of drug-likeness (QED) is 0.667. The van der Waals surface area contributed by atoms with Crippen molar-refractivity contribution in [3.8, 4) is 0 Å². The molecule has 0 amide bonds. The highest BCUT2D eigenvalue weighted by atomic mass is 32.1. The molecular weight excluding hydrogens is 164 g/mol. The number of carboxylic acid groups (broad SMARTS) is 1. The van der Waals surface area contributed by atoms with Gasteiger partial charge in [-0.3, -0.25) is 4.79 Å². The molecule has 0 fully saturated rings.